The van der Waals surface area contributed by atoms with E-state index in [1.807, 2.05) is 35.7 Å². The van der Waals surface area contributed by atoms with Crippen LogP contribution in [0.5, 0.6) is 0 Å². The molecule has 0 atom stereocenters. The fourth-order valence-electron chi connectivity index (χ4n) is 3.92. The van der Waals surface area contributed by atoms with Crippen LogP contribution in [0.4, 0.5) is 5.82 Å². The maximum absolute atomic E-state index is 12.3. The van der Waals surface area contributed by atoms with Gasteiger partial charge in [-0.05, 0) is 38.5 Å². The Balaban J connectivity index is 1.37. The molecule has 7 nitrogen and oxygen atoms in total. The zero-order valence-corrected chi connectivity index (χ0v) is 15.1. The SMILES string of the molecule is Cc1nnc2c(N3CCC(CN(C)C(=O)C4CCC4)CC3)nccn12. The van der Waals surface area contributed by atoms with Crippen molar-refractivity contribution in [2.75, 3.05) is 31.6 Å². The molecule has 1 amide bonds. The number of fused-ring (bicyclic) bond motifs is 1. The maximum atomic E-state index is 12.3. The molecule has 0 bridgehead atoms. The van der Waals surface area contributed by atoms with Gasteiger partial charge >= 0.3 is 0 Å². The third kappa shape index (κ3) is 3.07. The summed E-state index contributed by atoms with van der Waals surface area (Å²) in [6.07, 6.45) is 9.25. The molecule has 0 radical (unpaired) electrons. The van der Waals surface area contributed by atoms with Gasteiger partial charge < -0.3 is 9.80 Å². The van der Waals surface area contributed by atoms with Gasteiger partial charge in [0.1, 0.15) is 5.82 Å². The molecule has 25 heavy (non-hydrogen) atoms. The van der Waals surface area contributed by atoms with Gasteiger partial charge in [-0.3, -0.25) is 9.20 Å². The summed E-state index contributed by atoms with van der Waals surface area (Å²) in [5, 5.41) is 8.43. The van der Waals surface area contributed by atoms with Gasteiger partial charge in [-0.25, -0.2) is 4.98 Å². The van der Waals surface area contributed by atoms with E-state index in [9.17, 15) is 4.79 Å². The van der Waals surface area contributed by atoms with Crippen LogP contribution in [0, 0.1) is 18.8 Å². The van der Waals surface area contributed by atoms with Crippen LogP contribution in [0.15, 0.2) is 12.4 Å². The van der Waals surface area contributed by atoms with Gasteiger partial charge in [-0.15, -0.1) is 10.2 Å². The molecule has 4 rings (SSSR count). The Kier molecular flexibility index (Phi) is 4.31. The van der Waals surface area contributed by atoms with Gasteiger partial charge in [0.05, 0.1) is 0 Å². The number of rotatable bonds is 4. The van der Waals surface area contributed by atoms with E-state index in [0.717, 1.165) is 62.6 Å². The first-order valence-corrected chi connectivity index (χ1v) is 9.29. The van der Waals surface area contributed by atoms with E-state index in [2.05, 4.69) is 20.1 Å². The molecule has 1 aliphatic heterocycles. The minimum atomic E-state index is 0.295. The molecule has 1 aliphatic carbocycles. The number of piperidine rings is 1. The van der Waals surface area contributed by atoms with Crippen molar-refractivity contribution in [3.63, 3.8) is 0 Å². The van der Waals surface area contributed by atoms with Gasteiger partial charge in [0, 0.05) is 45.0 Å². The van der Waals surface area contributed by atoms with Gasteiger partial charge in [0.15, 0.2) is 5.82 Å². The van der Waals surface area contributed by atoms with E-state index in [4.69, 9.17) is 0 Å². The predicted molar refractivity (Wildman–Crippen MR) is 95.4 cm³/mol. The number of aryl methyl sites for hydroxylation is 1. The van der Waals surface area contributed by atoms with Crippen LogP contribution in [0.25, 0.3) is 5.65 Å². The molecule has 2 fully saturated rings. The van der Waals surface area contributed by atoms with Crippen LogP contribution < -0.4 is 4.90 Å². The van der Waals surface area contributed by atoms with Crippen molar-refractivity contribution in [1.29, 1.82) is 0 Å². The lowest BCUT2D eigenvalue weighted by Gasteiger charge is -2.36. The van der Waals surface area contributed by atoms with Gasteiger partial charge in [-0.2, -0.15) is 0 Å². The first kappa shape index (κ1) is 16.3. The molecular formula is C18H26N6O. The standard InChI is InChI=1S/C18H26N6O/c1-13-20-21-17-16(19-8-11-24(13)17)23-9-6-14(7-10-23)12-22(2)18(25)15-4-3-5-15/h8,11,14-15H,3-7,9-10,12H2,1-2H3. The summed E-state index contributed by atoms with van der Waals surface area (Å²) in [6, 6.07) is 0. The first-order valence-electron chi connectivity index (χ1n) is 9.29. The van der Waals surface area contributed by atoms with Crippen LogP contribution in [-0.2, 0) is 4.79 Å². The van der Waals surface area contributed by atoms with Crippen LogP contribution in [0.1, 0.15) is 37.9 Å². The van der Waals surface area contributed by atoms with Crippen molar-refractivity contribution in [2.24, 2.45) is 11.8 Å². The Hall–Kier alpha value is -2.18. The summed E-state index contributed by atoms with van der Waals surface area (Å²) >= 11 is 0. The number of hydrogen-bond donors (Lipinski definition) is 0. The number of hydrogen-bond acceptors (Lipinski definition) is 5. The fraction of sp³-hybridized carbons (Fsp3) is 0.667. The molecule has 1 saturated heterocycles. The first-order chi connectivity index (χ1) is 12.1. The van der Waals surface area contributed by atoms with Crippen molar-refractivity contribution in [3.8, 4) is 0 Å². The predicted octanol–water partition coefficient (Wildman–Crippen LogP) is 1.91. The highest BCUT2D eigenvalue weighted by Crippen LogP contribution is 2.29. The number of anilines is 1. The highest BCUT2D eigenvalue weighted by Gasteiger charge is 2.30. The number of nitrogens with zero attached hydrogens (tertiary/aromatic N) is 6. The Bertz CT molecular complexity index is 760. The fourth-order valence-corrected chi connectivity index (χ4v) is 3.92. The Morgan fingerprint density at radius 1 is 1.24 bits per heavy atom. The van der Waals surface area contributed by atoms with E-state index in [1.165, 1.54) is 6.42 Å². The zero-order chi connectivity index (χ0) is 17.4. The van der Waals surface area contributed by atoms with Crippen LogP contribution in [0.2, 0.25) is 0 Å². The molecule has 0 aromatic carbocycles. The van der Waals surface area contributed by atoms with E-state index in [0.29, 0.717) is 17.7 Å². The second kappa shape index (κ2) is 6.61. The number of aromatic nitrogens is 4. The molecule has 2 aromatic heterocycles. The minimum Gasteiger partial charge on any atom is -0.353 e. The third-order valence-electron chi connectivity index (χ3n) is 5.76. The smallest absolute Gasteiger partial charge is 0.225 e. The average molecular weight is 342 g/mol. The Labute approximate surface area is 148 Å². The summed E-state index contributed by atoms with van der Waals surface area (Å²) in [5.41, 5.74) is 0.829. The van der Waals surface area contributed by atoms with Crippen molar-refractivity contribution < 1.29 is 4.79 Å². The summed E-state index contributed by atoms with van der Waals surface area (Å²) in [6.45, 7) is 4.74. The highest BCUT2D eigenvalue weighted by atomic mass is 16.2. The highest BCUT2D eigenvalue weighted by molar-refractivity contribution is 5.79. The number of carbonyl (C=O) groups is 1. The largest absolute Gasteiger partial charge is 0.353 e. The van der Waals surface area contributed by atoms with Crippen LogP contribution in [0.3, 0.4) is 0 Å². The minimum absolute atomic E-state index is 0.295. The summed E-state index contributed by atoms with van der Waals surface area (Å²) in [7, 11) is 1.97. The molecule has 0 N–H and O–H groups in total. The number of amides is 1. The quantitative estimate of drug-likeness (QED) is 0.849. The average Bonchev–Trinajstić information content (AvgIpc) is 2.95. The summed E-state index contributed by atoms with van der Waals surface area (Å²) in [5.74, 6) is 3.01. The molecular weight excluding hydrogens is 316 g/mol. The van der Waals surface area contributed by atoms with Crippen molar-refractivity contribution in [3.05, 3.63) is 18.2 Å². The lowest BCUT2D eigenvalue weighted by atomic mass is 9.84. The third-order valence-corrected chi connectivity index (χ3v) is 5.76. The van der Waals surface area contributed by atoms with Crippen molar-refractivity contribution in [1.82, 2.24) is 24.5 Å². The van der Waals surface area contributed by atoms with Gasteiger partial charge in [0.25, 0.3) is 0 Å². The second-order valence-corrected chi connectivity index (χ2v) is 7.47. The van der Waals surface area contributed by atoms with Gasteiger partial charge in [0.2, 0.25) is 11.6 Å². The summed E-state index contributed by atoms with van der Waals surface area (Å²) < 4.78 is 1.99. The molecule has 0 spiro atoms. The van der Waals surface area contributed by atoms with Gasteiger partial charge in [-0.1, -0.05) is 6.42 Å². The van der Waals surface area contributed by atoms with Crippen LogP contribution in [-0.4, -0.2) is 57.1 Å². The molecule has 2 aliphatic rings. The maximum Gasteiger partial charge on any atom is 0.225 e. The number of carbonyl (C=O) groups excluding carboxylic acids is 1. The lowest BCUT2D eigenvalue weighted by Crippen LogP contribution is -2.42. The topological polar surface area (TPSA) is 66.6 Å². The Morgan fingerprint density at radius 2 is 2.00 bits per heavy atom. The molecule has 3 heterocycles. The normalized spacial score (nSPS) is 19.2. The zero-order valence-electron chi connectivity index (χ0n) is 15.1. The van der Waals surface area contributed by atoms with E-state index in [-0.39, 0.29) is 0 Å². The summed E-state index contributed by atoms with van der Waals surface area (Å²) in [4.78, 5) is 21.1. The van der Waals surface area contributed by atoms with Crippen molar-refractivity contribution >= 4 is 17.4 Å². The molecule has 0 unspecified atom stereocenters. The second-order valence-electron chi connectivity index (χ2n) is 7.47. The van der Waals surface area contributed by atoms with E-state index >= 15 is 0 Å². The molecule has 1 saturated carbocycles. The van der Waals surface area contributed by atoms with Crippen molar-refractivity contribution in [2.45, 2.75) is 39.0 Å². The van der Waals surface area contributed by atoms with E-state index in [1.54, 1.807) is 0 Å². The molecule has 134 valence electrons. The lowest BCUT2D eigenvalue weighted by molar-refractivity contribution is -0.137. The monoisotopic (exact) mass is 342 g/mol. The van der Waals surface area contributed by atoms with Crippen LogP contribution >= 0.6 is 0 Å². The Morgan fingerprint density at radius 3 is 2.68 bits per heavy atom. The molecule has 7 heteroatoms. The van der Waals surface area contributed by atoms with E-state index < -0.39 is 0 Å². The molecule has 2 aromatic rings.